The number of furan rings is 1. The van der Waals surface area contributed by atoms with E-state index in [0.717, 1.165) is 19.3 Å². The van der Waals surface area contributed by atoms with E-state index in [2.05, 4.69) is 5.32 Å². The average Bonchev–Trinajstić information content (AvgIpc) is 3.03. The lowest BCUT2D eigenvalue weighted by Gasteiger charge is -2.28. The normalized spacial score (nSPS) is 32.5. The van der Waals surface area contributed by atoms with Crippen LogP contribution in [0.3, 0.4) is 0 Å². The van der Waals surface area contributed by atoms with Crippen LogP contribution in [-0.2, 0) is 4.79 Å². The van der Waals surface area contributed by atoms with E-state index in [0.29, 0.717) is 17.2 Å². The largest absolute Gasteiger partial charge is 0.481 e. The summed E-state index contributed by atoms with van der Waals surface area (Å²) in [5.41, 5.74) is 0.462. The van der Waals surface area contributed by atoms with Gasteiger partial charge >= 0.3 is 5.97 Å². The fourth-order valence-corrected chi connectivity index (χ4v) is 3.65. The maximum absolute atomic E-state index is 12.1. The average molecular weight is 263 g/mol. The highest BCUT2D eigenvalue weighted by molar-refractivity contribution is 5.94. The number of aliphatic carboxylic acids is 1. The summed E-state index contributed by atoms with van der Waals surface area (Å²) >= 11 is 0. The van der Waals surface area contributed by atoms with Gasteiger partial charge in [0.15, 0.2) is 0 Å². The van der Waals surface area contributed by atoms with Crippen LogP contribution in [0.15, 0.2) is 16.7 Å². The highest BCUT2D eigenvalue weighted by Crippen LogP contribution is 2.48. The lowest BCUT2D eigenvalue weighted by Crippen LogP contribution is -2.46. The van der Waals surface area contributed by atoms with Gasteiger partial charge in [0.05, 0.1) is 11.5 Å². The second-order valence-electron chi connectivity index (χ2n) is 5.64. The van der Waals surface area contributed by atoms with E-state index in [1.807, 2.05) is 0 Å². The van der Waals surface area contributed by atoms with Gasteiger partial charge in [-0.1, -0.05) is 0 Å². The molecule has 4 unspecified atom stereocenters. The van der Waals surface area contributed by atoms with Crippen LogP contribution in [0.25, 0.3) is 0 Å². The Morgan fingerprint density at radius 2 is 2.11 bits per heavy atom. The molecule has 102 valence electrons. The van der Waals surface area contributed by atoms with Gasteiger partial charge < -0.3 is 14.8 Å². The van der Waals surface area contributed by atoms with Crippen LogP contribution in [-0.4, -0.2) is 23.0 Å². The number of hydrogen-bond donors (Lipinski definition) is 2. The minimum Gasteiger partial charge on any atom is -0.481 e. The number of carbonyl (C=O) groups excluding carboxylic acids is 1. The van der Waals surface area contributed by atoms with Gasteiger partial charge in [-0.05, 0) is 44.1 Å². The lowest BCUT2D eigenvalue weighted by atomic mass is 9.84. The molecule has 3 rings (SSSR count). The van der Waals surface area contributed by atoms with Crippen LogP contribution in [0, 0.1) is 24.7 Å². The van der Waals surface area contributed by atoms with E-state index in [4.69, 9.17) is 4.42 Å². The highest BCUT2D eigenvalue weighted by Gasteiger charge is 2.51. The molecule has 0 spiro atoms. The molecule has 4 atom stereocenters. The molecule has 19 heavy (non-hydrogen) atoms. The molecule has 0 aliphatic heterocycles. The molecule has 2 aliphatic carbocycles. The van der Waals surface area contributed by atoms with Crippen LogP contribution >= 0.6 is 0 Å². The summed E-state index contributed by atoms with van der Waals surface area (Å²) in [6.07, 6.45) is 4.32. The Balaban J connectivity index is 1.75. The van der Waals surface area contributed by atoms with Gasteiger partial charge in [0.2, 0.25) is 0 Å². The molecule has 5 nitrogen and oxygen atoms in total. The van der Waals surface area contributed by atoms with E-state index in [9.17, 15) is 14.7 Å². The number of carbonyl (C=O) groups is 2. The smallest absolute Gasteiger partial charge is 0.308 e. The molecule has 2 fully saturated rings. The second-order valence-corrected chi connectivity index (χ2v) is 5.64. The molecule has 0 saturated heterocycles. The van der Waals surface area contributed by atoms with Crippen molar-refractivity contribution in [2.45, 2.75) is 32.2 Å². The summed E-state index contributed by atoms with van der Waals surface area (Å²) in [6, 6.07) is 1.43. The predicted molar refractivity (Wildman–Crippen MR) is 66.7 cm³/mol. The van der Waals surface area contributed by atoms with Gasteiger partial charge in [0.25, 0.3) is 5.91 Å². The minimum atomic E-state index is -0.791. The zero-order valence-electron chi connectivity index (χ0n) is 10.8. The summed E-state index contributed by atoms with van der Waals surface area (Å²) < 4.78 is 5.11. The molecule has 1 heterocycles. The quantitative estimate of drug-likeness (QED) is 0.871. The standard InChI is InChI=1S/C14H17NO4/c1-7-4-10(6-19-7)13(16)15-12-9-3-2-8(5-9)11(12)14(17)18/h4,6,8-9,11-12H,2-3,5H2,1H3,(H,15,16)(H,17,18). The Morgan fingerprint density at radius 3 is 2.74 bits per heavy atom. The van der Waals surface area contributed by atoms with Crippen molar-refractivity contribution in [2.75, 3.05) is 0 Å². The van der Waals surface area contributed by atoms with E-state index >= 15 is 0 Å². The molecule has 1 amide bonds. The molecule has 2 N–H and O–H groups in total. The SMILES string of the molecule is Cc1cc(C(=O)NC2C3CCC(C3)C2C(=O)O)co1. The maximum atomic E-state index is 12.1. The summed E-state index contributed by atoms with van der Waals surface area (Å²) in [6.45, 7) is 1.77. The van der Waals surface area contributed by atoms with Crippen molar-refractivity contribution < 1.29 is 19.1 Å². The number of hydrogen-bond acceptors (Lipinski definition) is 3. The number of rotatable bonds is 3. The van der Waals surface area contributed by atoms with Crippen molar-refractivity contribution in [3.8, 4) is 0 Å². The van der Waals surface area contributed by atoms with Crippen molar-refractivity contribution in [1.29, 1.82) is 0 Å². The van der Waals surface area contributed by atoms with Crippen LogP contribution in [0.2, 0.25) is 0 Å². The number of nitrogens with one attached hydrogen (secondary N) is 1. The summed E-state index contributed by atoms with van der Waals surface area (Å²) in [5, 5.41) is 12.2. The Kier molecular flexibility index (Phi) is 2.84. The number of carboxylic acid groups (broad SMARTS) is 1. The third-order valence-electron chi connectivity index (χ3n) is 4.49. The molecular weight excluding hydrogens is 246 g/mol. The van der Waals surface area contributed by atoms with Crippen molar-refractivity contribution in [3.63, 3.8) is 0 Å². The van der Waals surface area contributed by atoms with Crippen molar-refractivity contribution >= 4 is 11.9 Å². The van der Waals surface area contributed by atoms with Crippen LogP contribution in [0.1, 0.15) is 35.4 Å². The summed E-state index contributed by atoms with van der Waals surface area (Å²) in [5.74, 6) is -0.257. The number of fused-ring (bicyclic) bond motifs is 2. The zero-order valence-corrected chi connectivity index (χ0v) is 10.8. The first-order valence-corrected chi connectivity index (χ1v) is 6.65. The Bertz CT molecular complexity index is 521. The van der Waals surface area contributed by atoms with Crippen molar-refractivity contribution in [1.82, 2.24) is 5.32 Å². The number of carboxylic acids is 1. The van der Waals surface area contributed by atoms with Gasteiger partial charge in [-0.2, -0.15) is 0 Å². The number of aryl methyl sites for hydroxylation is 1. The fraction of sp³-hybridized carbons (Fsp3) is 0.571. The molecule has 1 aromatic heterocycles. The zero-order chi connectivity index (χ0) is 13.6. The van der Waals surface area contributed by atoms with Gasteiger partial charge in [-0.25, -0.2) is 0 Å². The van der Waals surface area contributed by atoms with Gasteiger partial charge in [-0.15, -0.1) is 0 Å². The second kappa shape index (κ2) is 4.40. The third-order valence-corrected chi connectivity index (χ3v) is 4.49. The van der Waals surface area contributed by atoms with E-state index < -0.39 is 11.9 Å². The van der Waals surface area contributed by atoms with Crippen LogP contribution in [0.4, 0.5) is 0 Å². The van der Waals surface area contributed by atoms with E-state index in [1.54, 1.807) is 13.0 Å². The van der Waals surface area contributed by atoms with Gasteiger partial charge in [-0.3, -0.25) is 9.59 Å². The summed E-state index contributed by atoms with van der Waals surface area (Å²) in [4.78, 5) is 23.4. The third kappa shape index (κ3) is 2.03. The van der Waals surface area contributed by atoms with Crippen LogP contribution in [0.5, 0.6) is 0 Å². The fourth-order valence-electron chi connectivity index (χ4n) is 3.65. The molecule has 2 aliphatic rings. The molecule has 5 heteroatoms. The molecule has 1 aromatic rings. The van der Waals surface area contributed by atoms with E-state index in [-0.39, 0.29) is 17.9 Å². The minimum absolute atomic E-state index is 0.221. The number of amides is 1. The molecule has 2 bridgehead atoms. The van der Waals surface area contributed by atoms with Crippen molar-refractivity contribution in [3.05, 3.63) is 23.7 Å². The van der Waals surface area contributed by atoms with Crippen LogP contribution < -0.4 is 5.32 Å². The summed E-state index contributed by atoms with van der Waals surface area (Å²) in [7, 11) is 0. The van der Waals surface area contributed by atoms with E-state index in [1.165, 1.54) is 6.26 Å². The molecular formula is C14H17NO4. The first-order chi connectivity index (χ1) is 9.06. The first kappa shape index (κ1) is 12.3. The molecule has 0 radical (unpaired) electrons. The highest BCUT2D eigenvalue weighted by atomic mass is 16.4. The Hall–Kier alpha value is -1.78. The monoisotopic (exact) mass is 263 g/mol. The Labute approximate surface area is 111 Å². The topological polar surface area (TPSA) is 79.5 Å². The molecule has 2 saturated carbocycles. The lowest BCUT2D eigenvalue weighted by molar-refractivity contribution is -0.144. The first-order valence-electron chi connectivity index (χ1n) is 6.65. The molecule has 0 aromatic carbocycles. The van der Waals surface area contributed by atoms with Gasteiger partial charge in [0.1, 0.15) is 12.0 Å². The van der Waals surface area contributed by atoms with Gasteiger partial charge in [0, 0.05) is 6.04 Å². The Morgan fingerprint density at radius 1 is 1.37 bits per heavy atom. The van der Waals surface area contributed by atoms with Crippen molar-refractivity contribution in [2.24, 2.45) is 17.8 Å². The predicted octanol–water partition coefficient (Wildman–Crippen LogP) is 1.82. The maximum Gasteiger partial charge on any atom is 0.308 e.